The third-order valence-corrected chi connectivity index (χ3v) is 7.08. The Labute approximate surface area is 196 Å². The summed E-state index contributed by atoms with van der Waals surface area (Å²) in [6.45, 7) is 8.22. The first kappa shape index (κ1) is 24.4. The quantitative estimate of drug-likeness (QED) is 0.473. The second kappa shape index (κ2) is 10.6. The van der Waals surface area contributed by atoms with Crippen LogP contribution >= 0.6 is 0 Å². The molecule has 0 fully saturated rings. The molecule has 8 heteroatoms. The molecule has 0 aliphatic carbocycles. The molecule has 0 N–H and O–H groups in total. The number of anilines is 1. The van der Waals surface area contributed by atoms with Gasteiger partial charge in [-0.1, -0.05) is 43.7 Å². The average molecular weight is 467 g/mol. The van der Waals surface area contributed by atoms with Gasteiger partial charge in [-0.3, -0.25) is 14.1 Å². The van der Waals surface area contributed by atoms with Crippen molar-refractivity contribution in [2.24, 2.45) is 0 Å². The molecule has 0 atom stereocenters. The lowest BCUT2D eigenvalue weighted by molar-refractivity contribution is -0.130. The second-order valence-corrected chi connectivity index (χ2v) is 9.97. The van der Waals surface area contributed by atoms with Crippen molar-refractivity contribution in [3.63, 3.8) is 0 Å². The highest BCUT2D eigenvalue weighted by Crippen LogP contribution is 2.24. The zero-order valence-corrected chi connectivity index (χ0v) is 20.3. The van der Waals surface area contributed by atoms with Gasteiger partial charge in [-0.25, -0.2) is 4.98 Å². The van der Waals surface area contributed by atoms with Gasteiger partial charge in [0.2, 0.25) is 5.91 Å². The lowest BCUT2D eigenvalue weighted by Crippen LogP contribution is -2.43. The number of rotatable bonds is 9. The van der Waals surface area contributed by atoms with Crippen molar-refractivity contribution in [3.05, 3.63) is 83.8 Å². The number of nitrogens with zero attached hydrogens (tertiary/aromatic N) is 4. The molecule has 0 saturated carbocycles. The zero-order chi connectivity index (χ0) is 24.0. The summed E-state index contributed by atoms with van der Waals surface area (Å²) >= 11 is 0. The van der Waals surface area contributed by atoms with E-state index in [0.29, 0.717) is 18.8 Å². The number of sulfonamides is 1. The van der Waals surface area contributed by atoms with Gasteiger partial charge in [0.25, 0.3) is 10.0 Å². The first-order valence-electron chi connectivity index (χ1n) is 11.0. The molecule has 7 nitrogen and oxygen atoms in total. The Balaban J connectivity index is 1.94. The molecule has 0 radical (unpaired) electrons. The molecule has 0 bridgehead atoms. The third kappa shape index (κ3) is 5.96. The van der Waals surface area contributed by atoms with Gasteiger partial charge in [-0.05, 0) is 55.7 Å². The molecule has 3 rings (SSSR count). The molecule has 0 saturated heterocycles. The van der Waals surface area contributed by atoms with E-state index in [-0.39, 0.29) is 23.4 Å². The average Bonchev–Trinajstić information content (AvgIpc) is 2.82. The summed E-state index contributed by atoms with van der Waals surface area (Å²) in [6.07, 6.45) is 3.25. The molecule has 3 aromatic rings. The number of amides is 1. The van der Waals surface area contributed by atoms with Crippen molar-refractivity contribution in [1.29, 1.82) is 0 Å². The monoisotopic (exact) mass is 466 g/mol. The Morgan fingerprint density at radius 3 is 2.27 bits per heavy atom. The molecule has 2 aromatic heterocycles. The minimum atomic E-state index is -4.06. The van der Waals surface area contributed by atoms with Gasteiger partial charge in [0.15, 0.2) is 5.03 Å². The van der Waals surface area contributed by atoms with Crippen LogP contribution in [0.4, 0.5) is 5.69 Å². The van der Waals surface area contributed by atoms with Crippen LogP contribution in [0.5, 0.6) is 0 Å². The number of likely N-dealkylation sites (N-methyl/N-ethyl adjacent to an activating group) is 1. The predicted octanol–water partition coefficient (Wildman–Crippen LogP) is 4.15. The van der Waals surface area contributed by atoms with Gasteiger partial charge in [-0.15, -0.1) is 0 Å². The van der Waals surface area contributed by atoms with Crippen molar-refractivity contribution in [2.45, 2.75) is 45.2 Å². The van der Waals surface area contributed by atoms with Gasteiger partial charge in [0, 0.05) is 18.9 Å². The van der Waals surface area contributed by atoms with Crippen LogP contribution in [0.1, 0.15) is 43.5 Å². The second-order valence-electron chi connectivity index (χ2n) is 8.16. The number of benzene rings is 1. The van der Waals surface area contributed by atoms with E-state index in [0.717, 1.165) is 21.1 Å². The smallest absolute Gasteiger partial charge is 0.282 e. The minimum Gasteiger partial charge on any atom is -0.336 e. The first-order chi connectivity index (χ1) is 15.7. The fourth-order valence-electron chi connectivity index (χ4n) is 3.31. The molecule has 0 spiro atoms. The van der Waals surface area contributed by atoms with Crippen LogP contribution in [0.2, 0.25) is 0 Å². The maximum Gasteiger partial charge on any atom is 0.282 e. The zero-order valence-electron chi connectivity index (χ0n) is 19.5. The number of aryl methyl sites for hydroxylation is 1. The number of hydrogen-bond acceptors (Lipinski definition) is 5. The fourth-order valence-corrected chi connectivity index (χ4v) is 4.64. The van der Waals surface area contributed by atoms with E-state index in [9.17, 15) is 13.2 Å². The highest BCUT2D eigenvalue weighted by molar-refractivity contribution is 7.92. The van der Waals surface area contributed by atoms with E-state index in [1.54, 1.807) is 35.5 Å². The number of hydrogen-bond donors (Lipinski definition) is 0. The normalized spacial score (nSPS) is 11.4. The predicted molar refractivity (Wildman–Crippen MR) is 129 cm³/mol. The van der Waals surface area contributed by atoms with Gasteiger partial charge in [0.05, 0.1) is 17.9 Å². The fraction of sp³-hybridized carbons (Fsp3) is 0.320. The van der Waals surface area contributed by atoms with Crippen LogP contribution in [0.15, 0.2) is 72.0 Å². The SMILES string of the molecule is CCN(Cc1ccccn1)C(=O)CN(c1ccc(C)cc1)S(=O)(=O)c1ccc(C(C)C)cn1. The molecule has 0 aliphatic heterocycles. The summed E-state index contributed by atoms with van der Waals surface area (Å²) in [5.74, 6) is -0.0835. The van der Waals surface area contributed by atoms with Gasteiger partial charge >= 0.3 is 0 Å². The summed E-state index contributed by atoms with van der Waals surface area (Å²) in [5.41, 5.74) is 3.09. The van der Waals surface area contributed by atoms with E-state index < -0.39 is 10.0 Å². The minimum absolute atomic E-state index is 0.0898. The number of pyridine rings is 2. The van der Waals surface area contributed by atoms with Crippen LogP contribution in [-0.4, -0.2) is 42.3 Å². The van der Waals surface area contributed by atoms with Gasteiger partial charge in [0.1, 0.15) is 6.54 Å². The van der Waals surface area contributed by atoms with Gasteiger partial charge < -0.3 is 4.90 Å². The van der Waals surface area contributed by atoms with E-state index >= 15 is 0 Å². The van der Waals surface area contributed by atoms with Gasteiger partial charge in [-0.2, -0.15) is 8.42 Å². The molecular formula is C25H30N4O3S. The Kier molecular flexibility index (Phi) is 7.81. The largest absolute Gasteiger partial charge is 0.336 e. The van der Waals surface area contributed by atoms with Crippen LogP contribution in [0.25, 0.3) is 0 Å². The standard InChI is InChI=1S/C25H30N4O3S/c1-5-28(17-22-8-6-7-15-26-22)25(30)18-29(23-12-9-20(4)10-13-23)33(31,32)24-14-11-21(16-27-24)19(2)3/h6-16,19H,5,17-18H2,1-4H3. The topological polar surface area (TPSA) is 83.5 Å². The Morgan fingerprint density at radius 2 is 1.73 bits per heavy atom. The van der Waals surface area contributed by atoms with E-state index in [1.807, 2.05) is 58.0 Å². The van der Waals surface area contributed by atoms with E-state index in [1.165, 1.54) is 6.07 Å². The van der Waals surface area contributed by atoms with Crippen molar-refractivity contribution in [1.82, 2.24) is 14.9 Å². The molecule has 1 aromatic carbocycles. The third-order valence-electron chi connectivity index (χ3n) is 5.39. The molecule has 0 aliphatic rings. The van der Waals surface area contributed by atoms with Crippen molar-refractivity contribution >= 4 is 21.6 Å². The summed E-state index contributed by atoms with van der Waals surface area (Å²) in [5, 5.41) is -0.0898. The lowest BCUT2D eigenvalue weighted by atomic mass is 10.1. The molecular weight excluding hydrogens is 436 g/mol. The van der Waals surface area contributed by atoms with E-state index in [2.05, 4.69) is 9.97 Å². The maximum atomic E-state index is 13.6. The Bertz CT molecular complexity index is 1160. The Hall–Kier alpha value is -3.26. The van der Waals surface area contributed by atoms with Crippen molar-refractivity contribution in [2.75, 3.05) is 17.4 Å². The van der Waals surface area contributed by atoms with Crippen molar-refractivity contribution in [3.8, 4) is 0 Å². The highest BCUT2D eigenvalue weighted by Gasteiger charge is 2.30. The number of carbonyl (C=O) groups excluding carboxylic acids is 1. The first-order valence-corrected chi connectivity index (χ1v) is 12.4. The number of carbonyl (C=O) groups is 1. The molecule has 1 amide bonds. The lowest BCUT2D eigenvalue weighted by Gasteiger charge is -2.27. The molecule has 33 heavy (non-hydrogen) atoms. The molecule has 2 heterocycles. The summed E-state index contributed by atoms with van der Waals surface area (Å²) in [7, 11) is -4.06. The van der Waals surface area contributed by atoms with Crippen molar-refractivity contribution < 1.29 is 13.2 Å². The Morgan fingerprint density at radius 1 is 1.00 bits per heavy atom. The summed E-state index contributed by atoms with van der Waals surface area (Å²) in [6, 6.07) is 15.8. The van der Waals surface area contributed by atoms with Crippen LogP contribution in [0.3, 0.4) is 0 Å². The highest BCUT2D eigenvalue weighted by atomic mass is 32.2. The van der Waals surface area contributed by atoms with E-state index in [4.69, 9.17) is 0 Å². The van der Waals surface area contributed by atoms with Crippen LogP contribution in [-0.2, 0) is 21.4 Å². The maximum absolute atomic E-state index is 13.6. The summed E-state index contributed by atoms with van der Waals surface area (Å²) in [4.78, 5) is 23.3. The molecule has 174 valence electrons. The summed E-state index contributed by atoms with van der Waals surface area (Å²) < 4.78 is 28.3. The number of aromatic nitrogens is 2. The van der Waals surface area contributed by atoms with Crippen LogP contribution < -0.4 is 4.31 Å². The van der Waals surface area contributed by atoms with Crippen LogP contribution in [0, 0.1) is 6.92 Å². The molecule has 0 unspecified atom stereocenters.